The molecule has 0 saturated carbocycles. The summed E-state index contributed by atoms with van der Waals surface area (Å²) in [6.45, 7) is 3.76. The van der Waals surface area contributed by atoms with E-state index in [4.69, 9.17) is 10.5 Å². The fraction of sp³-hybridized carbons (Fsp3) is 0.571. The molecule has 6 heteroatoms. The van der Waals surface area contributed by atoms with E-state index < -0.39 is 10.0 Å². The Kier molecular flexibility index (Phi) is 5.01. The predicted octanol–water partition coefficient (Wildman–Crippen LogP) is 1.60. The minimum atomic E-state index is -3.27. The van der Waals surface area contributed by atoms with Crippen molar-refractivity contribution in [3.63, 3.8) is 0 Å². The zero-order chi connectivity index (χ0) is 14.6. The van der Waals surface area contributed by atoms with Crippen LogP contribution in [0, 0.1) is 0 Å². The molecule has 2 rings (SSSR count). The number of benzene rings is 1. The van der Waals surface area contributed by atoms with Gasteiger partial charge < -0.3 is 10.5 Å². The fourth-order valence-electron chi connectivity index (χ4n) is 2.46. The van der Waals surface area contributed by atoms with Gasteiger partial charge in [0, 0.05) is 32.0 Å². The molecule has 1 aromatic carbocycles. The topological polar surface area (TPSA) is 72.6 Å². The highest BCUT2D eigenvalue weighted by molar-refractivity contribution is 7.89. The first kappa shape index (κ1) is 15.3. The van der Waals surface area contributed by atoms with Crippen LogP contribution in [-0.2, 0) is 21.3 Å². The van der Waals surface area contributed by atoms with Crippen LogP contribution in [0.5, 0.6) is 0 Å². The van der Waals surface area contributed by atoms with Gasteiger partial charge in [0.15, 0.2) is 0 Å². The molecule has 1 saturated heterocycles. The third-order valence-electron chi connectivity index (χ3n) is 3.61. The summed E-state index contributed by atoms with van der Waals surface area (Å²) in [5.74, 6) is 0. The number of anilines is 1. The Hall–Kier alpha value is -1.11. The molecule has 0 bridgehead atoms. The van der Waals surface area contributed by atoms with E-state index in [1.165, 1.54) is 4.31 Å². The lowest BCUT2D eigenvalue weighted by atomic mass is 10.2. The van der Waals surface area contributed by atoms with Gasteiger partial charge in [0.1, 0.15) is 0 Å². The van der Waals surface area contributed by atoms with Crippen LogP contribution in [-0.4, -0.2) is 37.7 Å². The molecule has 5 nitrogen and oxygen atoms in total. The van der Waals surface area contributed by atoms with Gasteiger partial charge >= 0.3 is 0 Å². The Morgan fingerprint density at radius 2 is 2.05 bits per heavy atom. The Balaban J connectivity index is 2.14. The maximum Gasteiger partial charge on any atom is 0.217 e. The Morgan fingerprint density at radius 3 is 2.65 bits per heavy atom. The molecule has 0 atom stereocenters. The third-order valence-corrected chi connectivity index (χ3v) is 6.03. The van der Waals surface area contributed by atoms with Gasteiger partial charge in [-0.05, 0) is 30.5 Å². The van der Waals surface area contributed by atoms with Crippen molar-refractivity contribution in [3.05, 3.63) is 29.8 Å². The van der Waals surface area contributed by atoms with Crippen LogP contribution in [0.4, 0.5) is 5.69 Å². The van der Waals surface area contributed by atoms with E-state index in [0.717, 1.165) is 5.56 Å². The molecule has 0 amide bonds. The van der Waals surface area contributed by atoms with Gasteiger partial charge in [-0.1, -0.05) is 19.1 Å². The third kappa shape index (κ3) is 3.50. The first-order valence-corrected chi connectivity index (χ1v) is 8.45. The van der Waals surface area contributed by atoms with E-state index in [0.29, 0.717) is 44.8 Å². The SMILES string of the molecule is CCN(Cc1cccc(N)c1)S(=O)(=O)C1CCOCC1. The summed E-state index contributed by atoms with van der Waals surface area (Å²) in [5.41, 5.74) is 7.32. The van der Waals surface area contributed by atoms with Crippen LogP contribution in [0.3, 0.4) is 0 Å². The van der Waals surface area contributed by atoms with Crippen molar-refractivity contribution in [2.24, 2.45) is 0 Å². The average Bonchev–Trinajstić information content (AvgIpc) is 2.45. The van der Waals surface area contributed by atoms with Crippen molar-refractivity contribution in [1.29, 1.82) is 0 Å². The lowest BCUT2D eigenvalue weighted by Gasteiger charge is -2.29. The standard InChI is InChI=1S/C14H22N2O3S/c1-2-16(11-12-4-3-5-13(15)10-12)20(17,18)14-6-8-19-9-7-14/h3-5,10,14H,2,6-9,11,15H2,1H3. The molecule has 0 radical (unpaired) electrons. The number of hydrogen-bond acceptors (Lipinski definition) is 4. The van der Waals surface area contributed by atoms with Crippen molar-refractivity contribution in [1.82, 2.24) is 4.31 Å². The van der Waals surface area contributed by atoms with Gasteiger partial charge in [-0.15, -0.1) is 0 Å². The lowest BCUT2D eigenvalue weighted by Crippen LogP contribution is -2.41. The summed E-state index contributed by atoms with van der Waals surface area (Å²) < 4.78 is 32.1. The molecule has 0 spiro atoms. The molecular formula is C14H22N2O3S. The normalized spacial score (nSPS) is 17.5. The van der Waals surface area contributed by atoms with Crippen LogP contribution >= 0.6 is 0 Å². The van der Waals surface area contributed by atoms with E-state index in [9.17, 15) is 8.42 Å². The minimum Gasteiger partial charge on any atom is -0.399 e. The van der Waals surface area contributed by atoms with Crippen molar-refractivity contribution >= 4 is 15.7 Å². The molecule has 1 aromatic rings. The van der Waals surface area contributed by atoms with Crippen molar-refractivity contribution in [2.75, 3.05) is 25.5 Å². The monoisotopic (exact) mass is 298 g/mol. The van der Waals surface area contributed by atoms with Gasteiger partial charge in [-0.2, -0.15) is 4.31 Å². The largest absolute Gasteiger partial charge is 0.399 e. The molecular weight excluding hydrogens is 276 g/mol. The molecule has 20 heavy (non-hydrogen) atoms. The van der Waals surface area contributed by atoms with Crippen LogP contribution in [0.25, 0.3) is 0 Å². The molecule has 0 aromatic heterocycles. The van der Waals surface area contributed by atoms with Crippen molar-refractivity contribution in [2.45, 2.75) is 31.6 Å². The van der Waals surface area contributed by atoms with Gasteiger partial charge in [0.2, 0.25) is 10.0 Å². The number of rotatable bonds is 5. The maximum atomic E-state index is 12.6. The summed E-state index contributed by atoms with van der Waals surface area (Å²) in [5, 5.41) is -0.322. The molecule has 1 fully saturated rings. The van der Waals surface area contributed by atoms with Gasteiger partial charge in [0.05, 0.1) is 5.25 Å². The quantitative estimate of drug-likeness (QED) is 0.838. The zero-order valence-corrected chi connectivity index (χ0v) is 12.6. The summed E-state index contributed by atoms with van der Waals surface area (Å²) in [6, 6.07) is 7.37. The average molecular weight is 298 g/mol. The highest BCUT2D eigenvalue weighted by atomic mass is 32.2. The second-order valence-corrected chi connectivity index (χ2v) is 7.24. The summed E-state index contributed by atoms with van der Waals surface area (Å²) >= 11 is 0. The highest BCUT2D eigenvalue weighted by Gasteiger charge is 2.32. The van der Waals surface area contributed by atoms with E-state index in [1.807, 2.05) is 25.1 Å². The Bertz CT molecular complexity index is 539. The number of nitrogens with zero attached hydrogens (tertiary/aromatic N) is 1. The van der Waals surface area contributed by atoms with Crippen LogP contribution in [0.15, 0.2) is 24.3 Å². The van der Waals surface area contributed by atoms with E-state index in [1.54, 1.807) is 6.07 Å². The molecule has 0 unspecified atom stereocenters. The molecule has 112 valence electrons. The lowest BCUT2D eigenvalue weighted by molar-refractivity contribution is 0.0972. The Morgan fingerprint density at radius 1 is 1.35 bits per heavy atom. The summed E-state index contributed by atoms with van der Waals surface area (Å²) in [7, 11) is -3.27. The van der Waals surface area contributed by atoms with E-state index >= 15 is 0 Å². The van der Waals surface area contributed by atoms with Gasteiger partial charge in [-0.3, -0.25) is 0 Å². The number of nitrogens with two attached hydrogens (primary N) is 1. The second-order valence-electron chi connectivity index (χ2n) is 5.03. The Labute approximate surface area is 120 Å². The molecule has 1 aliphatic heterocycles. The first-order valence-electron chi connectivity index (χ1n) is 6.95. The van der Waals surface area contributed by atoms with Gasteiger partial charge in [0.25, 0.3) is 0 Å². The van der Waals surface area contributed by atoms with E-state index in [2.05, 4.69) is 0 Å². The van der Waals surface area contributed by atoms with Crippen LogP contribution < -0.4 is 5.73 Å². The van der Waals surface area contributed by atoms with Crippen molar-refractivity contribution < 1.29 is 13.2 Å². The van der Waals surface area contributed by atoms with Crippen LogP contribution in [0.1, 0.15) is 25.3 Å². The number of nitrogen functional groups attached to an aromatic ring is 1. The highest BCUT2D eigenvalue weighted by Crippen LogP contribution is 2.21. The molecule has 1 heterocycles. The minimum absolute atomic E-state index is 0.322. The summed E-state index contributed by atoms with van der Waals surface area (Å²) in [6.07, 6.45) is 1.16. The molecule has 1 aliphatic rings. The molecule has 0 aliphatic carbocycles. The number of sulfonamides is 1. The van der Waals surface area contributed by atoms with Crippen molar-refractivity contribution in [3.8, 4) is 0 Å². The van der Waals surface area contributed by atoms with Gasteiger partial charge in [-0.25, -0.2) is 8.42 Å². The first-order chi connectivity index (χ1) is 9.54. The zero-order valence-electron chi connectivity index (χ0n) is 11.8. The smallest absolute Gasteiger partial charge is 0.217 e. The second kappa shape index (κ2) is 6.56. The number of ether oxygens (including phenoxy) is 1. The molecule has 2 N–H and O–H groups in total. The maximum absolute atomic E-state index is 12.6. The van der Waals surface area contributed by atoms with Crippen LogP contribution in [0.2, 0.25) is 0 Å². The fourth-order valence-corrected chi connectivity index (χ4v) is 4.36. The summed E-state index contributed by atoms with van der Waals surface area (Å²) in [4.78, 5) is 0. The number of hydrogen-bond donors (Lipinski definition) is 1. The predicted molar refractivity (Wildman–Crippen MR) is 79.7 cm³/mol. The van der Waals surface area contributed by atoms with E-state index in [-0.39, 0.29) is 5.25 Å².